The average Bonchev–Trinajstić information content (AvgIpc) is 3.23. The van der Waals surface area contributed by atoms with Crippen molar-refractivity contribution in [3.63, 3.8) is 0 Å². The van der Waals surface area contributed by atoms with Crippen molar-refractivity contribution in [2.75, 3.05) is 20.8 Å². The molecule has 1 saturated heterocycles. The number of carbonyl (C=O) groups excluding carboxylic acids is 1. The Kier molecular flexibility index (Phi) is 6.27. The highest BCUT2D eigenvalue weighted by Gasteiger charge is 2.28. The number of para-hydroxylation sites is 1. The van der Waals surface area contributed by atoms with Crippen LogP contribution in [0, 0.1) is 0 Å². The van der Waals surface area contributed by atoms with Gasteiger partial charge in [-0.1, -0.05) is 12.1 Å². The van der Waals surface area contributed by atoms with E-state index in [1.807, 2.05) is 35.2 Å². The molecule has 0 bridgehead atoms. The van der Waals surface area contributed by atoms with Gasteiger partial charge in [0.2, 0.25) is 0 Å². The molecule has 0 N–H and O–H groups in total. The van der Waals surface area contributed by atoms with Crippen LogP contribution in [0.4, 0.5) is 0 Å². The van der Waals surface area contributed by atoms with E-state index in [4.69, 9.17) is 14.5 Å². The Morgan fingerprint density at radius 1 is 1.19 bits per heavy atom. The third kappa shape index (κ3) is 4.16. The fourth-order valence-corrected chi connectivity index (χ4v) is 4.01. The highest BCUT2D eigenvalue weighted by atomic mass is 16.5. The normalized spacial score (nSPS) is 16.4. The van der Waals surface area contributed by atoms with Crippen molar-refractivity contribution >= 4 is 5.91 Å². The van der Waals surface area contributed by atoms with Crippen molar-refractivity contribution in [3.8, 4) is 23.0 Å². The van der Waals surface area contributed by atoms with Crippen LogP contribution in [0.5, 0.6) is 5.75 Å². The van der Waals surface area contributed by atoms with Crippen LogP contribution in [-0.4, -0.2) is 57.4 Å². The maximum absolute atomic E-state index is 13.3. The van der Waals surface area contributed by atoms with Gasteiger partial charge in [-0.05, 0) is 44.4 Å². The van der Waals surface area contributed by atoms with Gasteiger partial charge in [-0.25, -0.2) is 9.97 Å². The monoisotopic (exact) mass is 421 g/mol. The molecule has 1 aromatic carbocycles. The Labute approximate surface area is 181 Å². The molecule has 8 nitrogen and oxygen atoms in total. The van der Waals surface area contributed by atoms with Crippen LogP contribution in [0.15, 0.2) is 42.7 Å². The Morgan fingerprint density at radius 3 is 2.81 bits per heavy atom. The maximum atomic E-state index is 13.3. The zero-order valence-electron chi connectivity index (χ0n) is 18.1. The van der Waals surface area contributed by atoms with Gasteiger partial charge in [-0.2, -0.15) is 9.78 Å². The number of piperidine rings is 1. The minimum Gasteiger partial charge on any atom is -0.496 e. The first-order valence-electron chi connectivity index (χ1n) is 10.5. The predicted molar refractivity (Wildman–Crippen MR) is 116 cm³/mol. The summed E-state index contributed by atoms with van der Waals surface area (Å²) in [4.78, 5) is 24.3. The Balaban J connectivity index is 1.73. The van der Waals surface area contributed by atoms with Crippen LogP contribution in [0.3, 0.4) is 0 Å². The smallest absolute Gasteiger partial charge is 0.257 e. The van der Waals surface area contributed by atoms with E-state index < -0.39 is 0 Å². The van der Waals surface area contributed by atoms with E-state index in [-0.39, 0.29) is 18.6 Å². The lowest BCUT2D eigenvalue weighted by Gasteiger charge is -2.33. The fraction of sp³-hybridized carbons (Fsp3) is 0.391. The number of likely N-dealkylation sites (tertiary alicyclic amines) is 1. The molecule has 3 heterocycles. The Hall–Kier alpha value is -3.26. The topological polar surface area (TPSA) is 82.4 Å². The van der Waals surface area contributed by atoms with E-state index >= 15 is 0 Å². The van der Waals surface area contributed by atoms with Crippen molar-refractivity contribution in [3.05, 3.63) is 54.0 Å². The maximum Gasteiger partial charge on any atom is 0.257 e. The SMILES string of the molecule is COCc1c(C(=O)N2CCCC[C@@H]2C)cnn1-c1nccc(-c2ccccc2OC)n1. The molecule has 0 radical (unpaired) electrons. The summed E-state index contributed by atoms with van der Waals surface area (Å²) in [6.07, 6.45) is 6.46. The fourth-order valence-electron chi connectivity index (χ4n) is 4.01. The van der Waals surface area contributed by atoms with Crippen LogP contribution < -0.4 is 4.74 Å². The van der Waals surface area contributed by atoms with Crippen molar-refractivity contribution in [2.24, 2.45) is 0 Å². The molecule has 8 heteroatoms. The summed E-state index contributed by atoms with van der Waals surface area (Å²) < 4.78 is 12.5. The molecule has 0 unspecified atom stereocenters. The van der Waals surface area contributed by atoms with E-state index in [2.05, 4.69) is 17.0 Å². The zero-order valence-corrected chi connectivity index (χ0v) is 18.1. The van der Waals surface area contributed by atoms with Gasteiger partial charge < -0.3 is 14.4 Å². The standard InChI is InChI=1S/C23H27N5O3/c1-16-8-6-7-13-27(16)22(29)18-14-25-28(20(18)15-30-2)23-24-12-11-19(26-23)17-9-4-5-10-21(17)31-3/h4-5,9-12,14,16H,6-8,13,15H2,1-3H3/t16-/m0/s1. The minimum atomic E-state index is -0.0219. The van der Waals surface area contributed by atoms with Gasteiger partial charge in [0.25, 0.3) is 11.9 Å². The molecule has 4 rings (SSSR count). The van der Waals surface area contributed by atoms with Crippen LogP contribution >= 0.6 is 0 Å². The number of hydrogen-bond acceptors (Lipinski definition) is 6. The molecule has 31 heavy (non-hydrogen) atoms. The first-order valence-corrected chi connectivity index (χ1v) is 10.5. The molecule has 1 fully saturated rings. The van der Waals surface area contributed by atoms with E-state index in [0.29, 0.717) is 22.9 Å². The summed E-state index contributed by atoms with van der Waals surface area (Å²) in [5.74, 6) is 1.08. The van der Waals surface area contributed by atoms with Gasteiger partial charge >= 0.3 is 0 Å². The van der Waals surface area contributed by atoms with Crippen molar-refractivity contribution < 1.29 is 14.3 Å². The molecular weight excluding hydrogens is 394 g/mol. The first kappa shape index (κ1) is 21.0. The Bertz CT molecular complexity index is 1060. The molecule has 1 aliphatic rings. The highest BCUT2D eigenvalue weighted by Crippen LogP contribution is 2.28. The molecule has 1 atom stereocenters. The second-order valence-electron chi connectivity index (χ2n) is 7.64. The van der Waals surface area contributed by atoms with Gasteiger partial charge in [-0.15, -0.1) is 0 Å². The number of nitrogens with zero attached hydrogens (tertiary/aromatic N) is 5. The van der Waals surface area contributed by atoms with Crippen LogP contribution in [0.1, 0.15) is 42.2 Å². The number of amides is 1. The zero-order chi connectivity index (χ0) is 21.8. The molecule has 162 valence electrons. The lowest BCUT2D eigenvalue weighted by Crippen LogP contribution is -2.42. The summed E-state index contributed by atoms with van der Waals surface area (Å²) in [6, 6.07) is 9.70. The van der Waals surface area contributed by atoms with Gasteiger partial charge in [0.05, 0.1) is 36.9 Å². The number of rotatable bonds is 6. The molecular formula is C23H27N5O3. The summed E-state index contributed by atoms with van der Waals surface area (Å²) in [6.45, 7) is 3.08. The number of aromatic nitrogens is 4. The number of hydrogen-bond donors (Lipinski definition) is 0. The molecule has 3 aromatic rings. The lowest BCUT2D eigenvalue weighted by atomic mass is 10.0. The molecule has 1 aliphatic heterocycles. The minimum absolute atomic E-state index is 0.0219. The second-order valence-corrected chi connectivity index (χ2v) is 7.64. The van der Waals surface area contributed by atoms with Gasteiger partial charge in [0, 0.05) is 31.5 Å². The van der Waals surface area contributed by atoms with Crippen LogP contribution in [-0.2, 0) is 11.3 Å². The number of methoxy groups -OCH3 is 2. The number of carbonyl (C=O) groups is 1. The highest BCUT2D eigenvalue weighted by molar-refractivity contribution is 5.95. The van der Waals surface area contributed by atoms with Gasteiger partial charge in [-0.3, -0.25) is 4.79 Å². The lowest BCUT2D eigenvalue weighted by molar-refractivity contribution is 0.0630. The summed E-state index contributed by atoms with van der Waals surface area (Å²) in [7, 11) is 3.23. The third-order valence-electron chi connectivity index (χ3n) is 5.66. The average molecular weight is 422 g/mol. The number of ether oxygens (including phenoxy) is 2. The summed E-state index contributed by atoms with van der Waals surface area (Å²) >= 11 is 0. The van der Waals surface area contributed by atoms with Crippen molar-refractivity contribution in [1.29, 1.82) is 0 Å². The summed E-state index contributed by atoms with van der Waals surface area (Å²) in [5.41, 5.74) is 2.73. The molecule has 0 aliphatic carbocycles. The van der Waals surface area contributed by atoms with Gasteiger partial charge in [0.1, 0.15) is 5.75 Å². The van der Waals surface area contributed by atoms with Crippen molar-refractivity contribution in [1.82, 2.24) is 24.6 Å². The van der Waals surface area contributed by atoms with E-state index in [9.17, 15) is 4.79 Å². The van der Waals surface area contributed by atoms with Crippen molar-refractivity contribution in [2.45, 2.75) is 38.8 Å². The van der Waals surface area contributed by atoms with Crippen LogP contribution in [0.25, 0.3) is 17.2 Å². The largest absolute Gasteiger partial charge is 0.496 e. The third-order valence-corrected chi connectivity index (χ3v) is 5.66. The molecule has 0 spiro atoms. The first-order chi connectivity index (χ1) is 15.1. The van der Waals surface area contributed by atoms with E-state index in [1.54, 1.807) is 31.3 Å². The molecule has 0 saturated carbocycles. The Morgan fingerprint density at radius 2 is 2.03 bits per heavy atom. The second kappa shape index (κ2) is 9.26. The van der Waals surface area contributed by atoms with Crippen LogP contribution in [0.2, 0.25) is 0 Å². The van der Waals surface area contributed by atoms with E-state index in [0.717, 1.165) is 37.1 Å². The van der Waals surface area contributed by atoms with E-state index in [1.165, 1.54) is 0 Å². The number of benzene rings is 1. The quantitative estimate of drug-likeness (QED) is 0.606. The molecule has 2 aromatic heterocycles. The van der Waals surface area contributed by atoms with Gasteiger partial charge in [0.15, 0.2) is 0 Å². The molecule has 1 amide bonds. The predicted octanol–water partition coefficient (Wildman–Crippen LogP) is 3.50. The summed E-state index contributed by atoms with van der Waals surface area (Å²) in [5, 5.41) is 4.46.